The molecule has 2 atom stereocenters. The number of guanidine groups is 1. The summed E-state index contributed by atoms with van der Waals surface area (Å²) in [6, 6.07) is 0. The molecule has 15 heavy (non-hydrogen) atoms. The van der Waals surface area contributed by atoms with E-state index in [0.29, 0.717) is 0 Å². The zero-order valence-corrected chi connectivity index (χ0v) is 10.2. The van der Waals surface area contributed by atoms with Crippen LogP contribution in [0.15, 0.2) is 4.99 Å². The maximum Gasteiger partial charge on any atom is 0.195 e. The third kappa shape index (κ3) is 2.11. The first-order valence-electron chi connectivity index (χ1n) is 6.11. The molecule has 0 bridgehead atoms. The topological polar surface area (TPSA) is 18.8 Å². The molecule has 0 spiro atoms. The van der Waals surface area contributed by atoms with Crippen LogP contribution in [-0.2, 0) is 0 Å². The Morgan fingerprint density at radius 2 is 1.67 bits per heavy atom. The van der Waals surface area contributed by atoms with E-state index in [1.807, 2.05) is 7.05 Å². The van der Waals surface area contributed by atoms with Crippen LogP contribution >= 0.6 is 0 Å². The highest BCUT2D eigenvalue weighted by molar-refractivity contribution is 5.79. The minimum absolute atomic E-state index is 0.940. The Morgan fingerprint density at radius 1 is 1.13 bits per heavy atom. The van der Waals surface area contributed by atoms with E-state index in [1.165, 1.54) is 38.8 Å². The van der Waals surface area contributed by atoms with Gasteiger partial charge in [0.25, 0.3) is 0 Å². The first-order valence-corrected chi connectivity index (χ1v) is 6.11. The standard InChI is InChI=1S/C12H23N3/c1-13-12(14(2)3)15-8-10-6-4-5-7-11(10)9-15/h10-11H,4-9H2,1-3H3. The van der Waals surface area contributed by atoms with Crippen LogP contribution in [0.2, 0.25) is 0 Å². The minimum atomic E-state index is 0.940. The van der Waals surface area contributed by atoms with E-state index < -0.39 is 0 Å². The summed E-state index contributed by atoms with van der Waals surface area (Å²) in [6.07, 6.45) is 5.75. The van der Waals surface area contributed by atoms with Gasteiger partial charge in [-0.15, -0.1) is 0 Å². The number of likely N-dealkylation sites (tertiary alicyclic amines) is 1. The third-order valence-electron chi connectivity index (χ3n) is 3.86. The van der Waals surface area contributed by atoms with Crippen molar-refractivity contribution in [3.8, 4) is 0 Å². The van der Waals surface area contributed by atoms with E-state index in [1.54, 1.807) is 0 Å². The van der Waals surface area contributed by atoms with Gasteiger partial charge in [-0.1, -0.05) is 12.8 Å². The van der Waals surface area contributed by atoms with Crippen LogP contribution in [0.5, 0.6) is 0 Å². The van der Waals surface area contributed by atoms with Gasteiger partial charge in [-0.3, -0.25) is 4.99 Å². The van der Waals surface area contributed by atoms with Crippen LogP contribution in [0.1, 0.15) is 25.7 Å². The summed E-state index contributed by atoms with van der Waals surface area (Å²) in [7, 11) is 6.08. The quantitative estimate of drug-likeness (QED) is 0.446. The lowest BCUT2D eigenvalue weighted by molar-refractivity contribution is 0.299. The molecule has 2 aliphatic rings. The van der Waals surface area contributed by atoms with E-state index in [9.17, 15) is 0 Å². The molecule has 1 aliphatic heterocycles. The van der Waals surface area contributed by atoms with Gasteiger partial charge >= 0.3 is 0 Å². The predicted octanol–water partition coefficient (Wildman–Crippen LogP) is 1.66. The first kappa shape index (κ1) is 10.8. The van der Waals surface area contributed by atoms with Crippen LogP contribution in [0.25, 0.3) is 0 Å². The lowest BCUT2D eigenvalue weighted by Gasteiger charge is -2.25. The van der Waals surface area contributed by atoms with E-state index in [-0.39, 0.29) is 0 Å². The van der Waals surface area contributed by atoms with Crippen molar-refractivity contribution in [1.82, 2.24) is 9.80 Å². The molecule has 3 heteroatoms. The molecule has 1 saturated carbocycles. The molecule has 2 fully saturated rings. The van der Waals surface area contributed by atoms with Crippen molar-refractivity contribution in [3.63, 3.8) is 0 Å². The first-order chi connectivity index (χ1) is 7.22. The number of hydrogen-bond donors (Lipinski definition) is 0. The second kappa shape index (κ2) is 4.42. The average Bonchev–Trinajstić information content (AvgIpc) is 2.61. The molecular formula is C12H23N3. The molecule has 1 heterocycles. The van der Waals surface area contributed by atoms with E-state index in [2.05, 4.69) is 28.9 Å². The van der Waals surface area contributed by atoms with Gasteiger partial charge in [-0.05, 0) is 24.7 Å². The Morgan fingerprint density at radius 3 is 2.07 bits per heavy atom. The normalized spacial score (nSPS) is 31.7. The van der Waals surface area contributed by atoms with Crippen molar-refractivity contribution in [2.24, 2.45) is 16.8 Å². The van der Waals surface area contributed by atoms with Crippen molar-refractivity contribution in [2.45, 2.75) is 25.7 Å². The van der Waals surface area contributed by atoms with Crippen LogP contribution in [0.4, 0.5) is 0 Å². The zero-order valence-electron chi connectivity index (χ0n) is 10.2. The van der Waals surface area contributed by atoms with Crippen LogP contribution in [0.3, 0.4) is 0 Å². The molecule has 0 aromatic rings. The number of rotatable bonds is 0. The van der Waals surface area contributed by atoms with Gasteiger partial charge in [0.2, 0.25) is 0 Å². The molecule has 0 N–H and O–H groups in total. The van der Waals surface area contributed by atoms with Gasteiger partial charge in [0.05, 0.1) is 0 Å². The fraction of sp³-hybridized carbons (Fsp3) is 0.917. The molecule has 3 nitrogen and oxygen atoms in total. The van der Waals surface area contributed by atoms with Crippen molar-refractivity contribution >= 4 is 5.96 Å². The summed E-state index contributed by atoms with van der Waals surface area (Å²) in [6.45, 7) is 2.46. The highest BCUT2D eigenvalue weighted by Gasteiger charge is 2.35. The largest absolute Gasteiger partial charge is 0.349 e. The van der Waals surface area contributed by atoms with E-state index in [4.69, 9.17) is 0 Å². The Kier molecular flexibility index (Phi) is 3.17. The highest BCUT2D eigenvalue weighted by Crippen LogP contribution is 2.36. The number of nitrogens with zero attached hydrogens (tertiary/aromatic N) is 3. The van der Waals surface area contributed by atoms with Crippen molar-refractivity contribution in [1.29, 1.82) is 0 Å². The van der Waals surface area contributed by atoms with Crippen molar-refractivity contribution < 1.29 is 0 Å². The van der Waals surface area contributed by atoms with E-state index >= 15 is 0 Å². The second-order valence-corrected chi connectivity index (χ2v) is 5.13. The van der Waals surface area contributed by atoms with Crippen LogP contribution in [0, 0.1) is 11.8 Å². The summed E-state index contributed by atoms with van der Waals surface area (Å²) in [5.74, 6) is 3.04. The lowest BCUT2D eigenvalue weighted by atomic mass is 9.82. The highest BCUT2D eigenvalue weighted by atomic mass is 15.4. The number of hydrogen-bond acceptors (Lipinski definition) is 1. The Bertz CT molecular complexity index is 233. The van der Waals surface area contributed by atoms with E-state index in [0.717, 1.165) is 17.8 Å². The summed E-state index contributed by atoms with van der Waals surface area (Å²) in [4.78, 5) is 9.01. The smallest absolute Gasteiger partial charge is 0.195 e. The Labute approximate surface area is 93.2 Å². The second-order valence-electron chi connectivity index (χ2n) is 5.13. The molecule has 1 saturated heterocycles. The zero-order chi connectivity index (χ0) is 10.8. The van der Waals surface area contributed by atoms with Gasteiger partial charge < -0.3 is 9.80 Å². The molecular weight excluding hydrogens is 186 g/mol. The SMILES string of the molecule is CN=C(N(C)C)N1CC2CCCCC2C1. The molecule has 0 aromatic heterocycles. The monoisotopic (exact) mass is 209 g/mol. The molecule has 1 aliphatic carbocycles. The summed E-state index contributed by atoms with van der Waals surface area (Å²) < 4.78 is 0. The van der Waals surface area contributed by atoms with Crippen LogP contribution in [-0.4, -0.2) is 50.0 Å². The molecule has 2 unspecified atom stereocenters. The summed E-state index contributed by atoms with van der Waals surface area (Å²) in [5, 5.41) is 0. The molecule has 86 valence electrons. The third-order valence-corrected chi connectivity index (χ3v) is 3.86. The molecule has 2 rings (SSSR count). The molecule has 0 amide bonds. The van der Waals surface area contributed by atoms with Crippen molar-refractivity contribution in [3.05, 3.63) is 0 Å². The Hall–Kier alpha value is -0.730. The fourth-order valence-electron chi connectivity index (χ4n) is 3.19. The van der Waals surface area contributed by atoms with Gasteiger partial charge in [-0.25, -0.2) is 0 Å². The molecule has 0 aromatic carbocycles. The average molecular weight is 209 g/mol. The lowest BCUT2D eigenvalue weighted by Crippen LogP contribution is -2.39. The Balaban J connectivity index is 2.01. The fourth-order valence-corrected chi connectivity index (χ4v) is 3.19. The number of fused-ring (bicyclic) bond motifs is 1. The van der Waals surface area contributed by atoms with Gasteiger partial charge in [0, 0.05) is 34.2 Å². The number of aliphatic imine (C=N–C) groups is 1. The maximum atomic E-state index is 4.40. The van der Waals surface area contributed by atoms with Crippen molar-refractivity contribution in [2.75, 3.05) is 34.2 Å². The predicted molar refractivity (Wildman–Crippen MR) is 64.1 cm³/mol. The van der Waals surface area contributed by atoms with Crippen LogP contribution < -0.4 is 0 Å². The molecule has 0 radical (unpaired) electrons. The summed E-state index contributed by atoms with van der Waals surface area (Å²) in [5.41, 5.74) is 0. The maximum absolute atomic E-state index is 4.40. The van der Waals surface area contributed by atoms with Gasteiger partial charge in [-0.2, -0.15) is 0 Å². The van der Waals surface area contributed by atoms with Gasteiger partial charge in [0.1, 0.15) is 0 Å². The summed E-state index contributed by atoms with van der Waals surface area (Å²) >= 11 is 0. The minimum Gasteiger partial charge on any atom is -0.349 e. The van der Waals surface area contributed by atoms with Gasteiger partial charge in [0.15, 0.2) is 5.96 Å².